The quantitative estimate of drug-likeness (QED) is 0.867. The van der Waals surface area contributed by atoms with Crippen LogP contribution in [0.15, 0.2) is 30.5 Å². The lowest BCUT2D eigenvalue weighted by molar-refractivity contribution is 0.0944. The van der Waals surface area contributed by atoms with Crippen LogP contribution in [0.25, 0.3) is 0 Å². The van der Waals surface area contributed by atoms with Gasteiger partial charge in [-0.15, -0.1) is 0 Å². The second-order valence-corrected chi connectivity index (χ2v) is 5.96. The molecule has 1 heterocycles. The number of halogens is 2. The maximum Gasteiger partial charge on any atom is 0.270 e. The van der Waals surface area contributed by atoms with Crippen molar-refractivity contribution < 1.29 is 4.79 Å². The van der Waals surface area contributed by atoms with Crippen LogP contribution < -0.4 is 10.6 Å². The van der Waals surface area contributed by atoms with Crippen LogP contribution in [0.3, 0.4) is 0 Å². The Bertz CT molecular complexity index is 676. The normalized spacial score (nSPS) is 10.6. The number of anilines is 2. The zero-order valence-corrected chi connectivity index (χ0v) is 13.7. The van der Waals surface area contributed by atoms with Crippen molar-refractivity contribution in [2.45, 2.75) is 13.8 Å². The Hall–Kier alpha value is -1.85. The topological polar surface area (TPSA) is 66.9 Å². The fourth-order valence-electron chi connectivity index (χ4n) is 1.64. The Morgan fingerprint density at radius 2 is 2.05 bits per heavy atom. The van der Waals surface area contributed by atoms with E-state index in [1.807, 2.05) is 13.8 Å². The first-order chi connectivity index (χ1) is 10.5. The number of amides is 1. The van der Waals surface area contributed by atoms with E-state index in [0.29, 0.717) is 39.8 Å². The molecule has 5 nitrogen and oxygen atoms in total. The molecule has 0 aliphatic rings. The number of aromatic nitrogens is 2. The van der Waals surface area contributed by atoms with Crippen molar-refractivity contribution in [1.29, 1.82) is 0 Å². The number of nitrogens with one attached hydrogen (secondary N) is 2. The summed E-state index contributed by atoms with van der Waals surface area (Å²) < 4.78 is 0. The van der Waals surface area contributed by atoms with Gasteiger partial charge in [0.05, 0.1) is 10.7 Å². The smallest absolute Gasteiger partial charge is 0.270 e. The second kappa shape index (κ2) is 7.42. The number of benzene rings is 1. The van der Waals surface area contributed by atoms with Crippen LogP contribution in [0.5, 0.6) is 0 Å². The van der Waals surface area contributed by atoms with Gasteiger partial charge in [0, 0.05) is 17.8 Å². The molecular formula is C15H16Cl2N4O. The third-order valence-electron chi connectivity index (χ3n) is 2.74. The van der Waals surface area contributed by atoms with Crippen molar-refractivity contribution in [2.75, 3.05) is 11.9 Å². The summed E-state index contributed by atoms with van der Waals surface area (Å²) >= 11 is 11.9. The maximum absolute atomic E-state index is 12.0. The first kappa shape index (κ1) is 16.5. The highest BCUT2D eigenvalue weighted by Crippen LogP contribution is 2.27. The molecule has 0 fully saturated rings. The zero-order chi connectivity index (χ0) is 16.1. The van der Waals surface area contributed by atoms with E-state index in [1.165, 1.54) is 6.20 Å². The van der Waals surface area contributed by atoms with Crippen molar-refractivity contribution in [3.05, 3.63) is 46.2 Å². The molecule has 0 saturated carbocycles. The van der Waals surface area contributed by atoms with Crippen LogP contribution in [0, 0.1) is 5.92 Å². The SMILES string of the molecule is CC(C)CNC(=O)c1ccnc(Nc2ccc(Cl)cc2Cl)n1. The van der Waals surface area contributed by atoms with Gasteiger partial charge in [0.1, 0.15) is 5.69 Å². The van der Waals surface area contributed by atoms with Crippen LogP contribution in [0.2, 0.25) is 10.0 Å². The van der Waals surface area contributed by atoms with Gasteiger partial charge in [0.25, 0.3) is 5.91 Å². The summed E-state index contributed by atoms with van der Waals surface area (Å²) in [6.45, 7) is 4.64. The average molecular weight is 339 g/mol. The first-order valence-corrected chi connectivity index (χ1v) is 7.54. The van der Waals surface area contributed by atoms with E-state index in [-0.39, 0.29) is 5.91 Å². The van der Waals surface area contributed by atoms with Crippen LogP contribution >= 0.6 is 23.2 Å². The van der Waals surface area contributed by atoms with Crippen molar-refractivity contribution in [3.8, 4) is 0 Å². The molecule has 0 bridgehead atoms. The molecule has 7 heteroatoms. The molecule has 0 aliphatic heterocycles. The molecule has 1 aromatic carbocycles. The molecule has 116 valence electrons. The Kier molecular flexibility index (Phi) is 5.57. The molecule has 2 aromatic rings. The molecule has 0 aliphatic carbocycles. The predicted octanol–water partition coefficient (Wildman–Crippen LogP) is 3.91. The lowest BCUT2D eigenvalue weighted by Gasteiger charge is -2.09. The Morgan fingerprint density at radius 3 is 2.73 bits per heavy atom. The van der Waals surface area contributed by atoms with E-state index >= 15 is 0 Å². The monoisotopic (exact) mass is 338 g/mol. The average Bonchev–Trinajstić information content (AvgIpc) is 2.48. The Morgan fingerprint density at radius 1 is 1.27 bits per heavy atom. The van der Waals surface area contributed by atoms with Crippen LogP contribution in [0.4, 0.5) is 11.6 Å². The van der Waals surface area contributed by atoms with Gasteiger partial charge in [-0.05, 0) is 30.2 Å². The van der Waals surface area contributed by atoms with Gasteiger partial charge in [-0.1, -0.05) is 37.0 Å². The summed E-state index contributed by atoms with van der Waals surface area (Å²) in [6.07, 6.45) is 1.52. The number of hydrogen-bond donors (Lipinski definition) is 2. The summed E-state index contributed by atoms with van der Waals surface area (Å²) in [7, 11) is 0. The number of carbonyl (C=O) groups is 1. The van der Waals surface area contributed by atoms with Gasteiger partial charge in [0.15, 0.2) is 0 Å². The standard InChI is InChI=1S/C15H16Cl2N4O/c1-9(2)8-19-14(22)13-5-6-18-15(21-13)20-12-4-3-10(16)7-11(12)17/h3-7,9H,8H2,1-2H3,(H,19,22)(H,18,20,21). The van der Waals surface area contributed by atoms with E-state index < -0.39 is 0 Å². The highest BCUT2D eigenvalue weighted by Gasteiger charge is 2.10. The summed E-state index contributed by atoms with van der Waals surface area (Å²) in [6, 6.07) is 6.60. The van der Waals surface area contributed by atoms with Crippen molar-refractivity contribution in [2.24, 2.45) is 5.92 Å². The molecule has 0 atom stereocenters. The predicted molar refractivity (Wildman–Crippen MR) is 88.9 cm³/mol. The highest BCUT2D eigenvalue weighted by molar-refractivity contribution is 6.36. The lowest BCUT2D eigenvalue weighted by Crippen LogP contribution is -2.28. The minimum atomic E-state index is -0.235. The number of nitrogens with zero attached hydrogens (tertiary/aromatic N) is 2. The minimum Gasteiger partial charge on any atom is -0.350 e. The number of carbonyl (C=O) groups excluding carboxylic acids is 1. The van der Waals surface area contributed by atoms with Gasteiger partial charge < -0.3 is 10.6 Å². The second-order valence-electron chi connectivity index (χ2n) is 5.12. The Balaban J connectivity index is 2.12. The van der Waals surface area contributed by atoms with E-state index in [9.17, 15) is 4.79 Å². The van der Waals surface area contributed by atoms with Crippen molar-refractivity contribution >= 4 is 40.7 Å². The zero-order valence-electron chi connectivity index (χ0n) is 12.2. The molecular weight excluding hydrogens is 323 g/mol. The summed E-state index contributed by atoms with van der Waals surface area (Å²) in [5.74, 6) is 0.430. The number of rotatable bonds is 5. The molecule has 1 aromatic heterocycles. The Labute approximate surface area is 139 Å². The van der Waals surface area contributed by atoms with E-state index in [2.05, 4.69) is 20.6 Å². The molecule has 0 radical (unpaired) electrons. The molecule has 0 saturated heterocycles. The fraction of sp³-hybridized carbons (Fsp3) is 0.267. The molecule has 0 unspecified atom stereocenters. The molecule has 1 amide bonds. The van der Waals surface area contributed by atoms with Gasteiger partial charge in [-0.2, -0.15) is 0 Å². The van der Waals surface area contributed by atoms with Gasteiger partial charge in [0.2, 0.25) is 5.95 Å². The third-order valence-corrected chi connectivity index (χ3v) is 3.28. The highest BCUT2D eigenvalue weighted by atomic mass is 35.5. The van der Waals surface area contributed by atoms with E-state index in [0.717, 1.165) is 0 Å². The molecule has 2 N–H and O–H groups in total. The minimum absolute atomic E-state index is 0.235. The summed E-state index contributed by atoms with van der Waals surface area (Å²) in [5.41, 5.74) is 0.911. The van der Waals surface area contributed by atoms with Gasteiger partial charge in [-0.3, -0.25) is 4.79 Å². The van der Waals surface area contributed by atoms with Gasteiger partial charge >= 0.3 is 0 Å². The first-order valence-electron chi connectivity index (χ1n) is 6.79. The third kappa shape index (κ3) is 4.58. The fourth-order valence-corrected chi connectivity index (χ4v) is 2.10. The number of hydrogen-bond acceptors (Lipinski definition) is 4. The van der Waals surface area contributed by atoms with E-state index in [1.54, 1.807) is 24.3 Å². The summed E-state index contributed by atoms with van der Waals surface area (Å²) in [4.78, 5) is 20.3. The van der Waals surface area contributed by atoms with Crippen LogP contribution in [0.1, 0.15) is 24.3 Å². The largest absolute Gasteiger partial charge is 0.350 e. The molecule has 0 spiro atoms. The van der Waals surface area contributed by atoms with Crippen LogP contribution in [-0.2, 0) is 0 Å². The van der Waals surface area contributed by atoms with Crippen molar-refractivity contribution in [1.82, 2.24) is 15.3 Å². The van der Waals surface area contributed by atoms with E-state index in [4.69, 9.17) is 23.2 Å². The molecule has 2 rings (SSSR count). The van der Waals surface area contributed by atoms with Crippen LogP contribution in [-0.4, -0.2) is 22.4 Å². The summed E-state index contributed by atoms with van der Waals surface area (Å²) in [5, 5.41) is 6.76. The maximum atomic E-state index is 12.0. The van der Waals surface area contributed by atoms with Gasteiger partial charge in [-0.25, -0.2) is 9.97 Å². The van der Waals surface area contributed by atoms with Crippen molar-refractivity contribution in [3.63, 3.8) is 0 Å². The lowest BCUT2D eigenvalue weighted by atomic mass is 10.2. The molecule has 22 heavy (non-hydrogen) atoms.